The molecule has 1 aliphatic carbocycles. The number of hydrogen-bond donors (Lipinski definition) is 0. The molecule has 0 aromatic rings. The molecule has 66 valence electrons. The summed E-state index contributed by atoms with van der Waals surface area (Å²) in [5, 5.41) is 0. The zero-order valence-corrected chi connectivity index (χ0v) is 7.62. The van der Waals surface area contributed by atoms with Gasteiger partial charge in [0.2, 0.25) is 0 Å². The summed E-state index contributed by atoms with van der Waals surface area (Å²) in [7, 11) is 0. The van der Waals surface area contributed by atoms with Crippen molar-refractivity contribution in [3.63, 3.8) is 0 Å². The van der Waals surface area contributed by atoms with Crippen molar-refractivity contribution in [2.24, 2.45) is 11.8 Å². The van der Waals surface area contributed by atoms with Gasteiger partial charge in [-0.05, 0) is 25.2 Å². The first-order valence-electron chi connectivity index (χ1n) is 4.53. The molecule has 1 aliphatic rings. The second kappa shape index (κ2) is 4.24. The number of hydrogen-bond acceptors (Lipinski definition) is 1. The van der Waals surface area contributed by atoms with Gasteiger partial charge in [-0.15, -0.1) is 6.58 Å². The average molecular weight is 164 g/mol. The van der Waals surface area contributed by atoms with Gasteiger partial charge in [-0.1, -0.05) is 18.2 Å². The molecule has 1 saturated carbocycles. The van der Waals surface area contributed by atoms with Crippen LogP contribution in [0.2, 0.25) is 0 Å². The largest absolute Gasteiger partial charge is 0.300 e. The number of carbonyl (C=O) groups is 1. The van der Waals surface area contributed by atoms with Crippen LogP contribution in [0.1, 0.15) is 26.2 Å². The maximum atomic E-state index is 11.2. The van der Waals surface area contributed by atoms with Crippen molar-refractivity contribution in [1.82, 2.24) is 0 Å². The van der Waals surface area contributed by atoms with Gasteiger partial charge in [0.05, 0.1) is 0 Å². The van der Waals surface area contributed by atoms with Crippen molar-refractivity contribution in [2.75, 3.05) is 0 Å². The monoisotopic (exact) mass is 164 g/mol. The Labute approximate surface area is 74.2 Å². The van der Waals surface area contributed by atoms with Crippen LogP contribution in [-0.2, 0) is 4.79 Å². The van der Waals surface area contributed by atoms with E-state index in [4.69, 9.17) is 0 Å². The van der Waals surface area contributed by atoms with Crippen LogP contribution in [0, 0.1) is 11.8 Å². The molecule has 0 bridgehead atoms. The molecule has 0 aromatic heterocycles. The molecule has 0 N–H and O–H groups in total. The molecule has 2 unspecified atom stereocenters. The molecule has 1 heteroatoms. The van der Waals surface area contributed by atoms with Gasteiger partial charge in [0.25, 0.3) is 0 Å². The van der Waals surface area contributed by atoms with Gasteiger partial charge in [0, 0.05) is 12.8 Å². The fraction of sp³-hybridized carbons (Fsp3) is 0.545. The van der Waals surface area contributed by atoms with Crippen molar-refractivity contribution >= 4 is 5.78 Å². The summed E-state index contributed by atoms with van der Waals surface area (Å²) >= 11 is 0. The highest BCUT2D eigenvalue weighted by Crippen LogP contribution is 2.28. The van der Waals surface area contributed by atoms with Crippen LogP contribution in [0.3, 0.4) is 0 Å². The smallest absolute Gasteiger partial charge is 0.134 e. The zero-order chi connectivity index (χ0) is 8.97. The van der Waals surface area contributed by atoms with E-state index in [-0.39, 0.29) is 0 Å². The van der Waals surface area contributed by atoms with E-state index in [0.29, 0.717) is 24.0 Å². The predicted octanol–water partition coefficient (Wildman–Crippen LogP) is 2.73. The summed E-state index contributed by atoms with van der Waals surface area (Å²) < 4.78 is 0. The van der Waals surface area contributed by atoms with E-state index in [1.165, 1.54) is 0 Å². The number of rotatable bonds is 2. The second-order valence-electron chi connectivity index (χ2n) is 3.46. The molecule has 1 fully saturated rings. The van der Waals surface area contributed by atoms with E-state index >= 15 is 0 Å². The molecule has 2 atom stereocenters. The van der Waals surface area contributed by atoms with Gasteiger partial charge in [0.15, 0.2) is 0 Å². The van der Waals surface area contributed by atoms with E-state index in [1.807, 2.05) is 19.1 Å². The van der Waals surface area contributed by atoms with Crippen molar-refractivity contribution in [3.8, 4) is 0 Å². The lowest BCUT2D eigenvalue weighted by molar-refractivity contribution is -0.121. The van der Waals surface area contributed by atoms with Crippen molar-refractivity contribution in [1.29, 1.82) is 0 Å². The predicted molar refractivity (Wildman–Crippen MR) is 50.8 cm³/mol. The molecular formula is C11H16O. The maximum Gasteiger partial charge on any atom is 0.134 e. The van der Waals surface area contributed by atoms with Crippen LogP contribution in [0.4, 0.5) is 0 Å². The third-order valence-corrected chi connectivity index (χ3v) is 2.38. The lowest BCUT2D eigenvalue weighted by Gasteiger charge is -2.23. The standard InChI is InChI=1S/C11H16O/c1-3-5-10-6-9(4-2)7-11(12)8-10/h3-5,9-10H,2,6-8H2,1H3/b5-3+. The zero-order valence-electron chi connectivity index (χ0n) is 7.62. The second-order valence-corrected chi connectivity index (χ2v) is 3.46. The van der Waals surface area contributed by atoms with Gasteiger partial charge in [-0.3, -0.25) is 4.79 Å². The quantitative estimate of drug-likeness (QED) is 0.573. The first-order chi connectivity index (χ1) is 5.76. The van der Waals surface area contributed by atoms with E-state index in [2.05, 4.69) is 12.7 Å². The fourth-order valence-corrected chi connectivity index (χ4v) is 1.82. The topological polar surface area (TPSA) is 17.1 Å². The molecule has 0 aromatic carbocycles. The average Bonchev–Trinajstić information content (AvgIpc) is 2.04. The van der Waals surface area contributed by atoms with Crippen LogP contribution in [0.15, 0.2) is 24.8 Å². The minimum Gasteiger partial charge on any atom is -0.300 e. The maximum absolute atomic E-state index is 11.2. The minimum absolute atomic E-state index is 0.384. The Hall–Kier alpha value is -0.850. The third-order valence-electron chi connectivity index (χ3n) is 2.38. The Morgan fingerprint density at radius 3 is 2.67 bits per heavy atom. The lowest BCUT2D eigenvalue weighted by Crippen LogP contribution is -2.20. The summed E-state index contributed by atoms with van der Waals surface area (Å²) in [6, 6.07) is 0. The van der Waals surface area contributed by atoms with Gasteiger partial charge >= 0.3 is 0 Å². The summed E-state index contributed by atoms with van der Waals surface area (Å²) in [6.45, 7) is 5.74. The number of Topliss-reactive ketones (excluding diaryl/α,β-unsaturated/α-hetero) is 1. The molecule has 0 radical (unpaired) electrons. The van der Waals surface area contributed by atoms with Crippen molar-refractivity contribution < 1.29 is 4.79 Å². The molecule has 12 heavy (non-hydrogen) atoms. The van der Waals surface area contributed by atoms with Gasteiger partial charge < -0.3 is 0 Å². The van der Waals surface area contributed by atoms with E-state index < -0.39 is 0 Å². The highest BCUT2D eigenvalue weighted by atomic mass is 16.1. The normalized spacial score (nSPS) is 30.9. The van der Waals surface area contributed by atoms with E-state index in [1.54, 1.807) is 0 Å². The van der Waals surface area contributed by atoms with Crippen LogP contribution in [0.5, 0.6) is 0 Å². The Bertz CT molecular complexity index is 203. The molecule has 0 saturated heterocycles. The Kier molecular flexibility index (Phi) is 3.27. The molecule has 1 rings (SSSR count). The Morgan fingerprint density at radius 2 is 2.08 bits per heavy atom. The molecule has 0 heterocycles. The van der Waals surface area contributed by atoms with Gasteiger partial charge in [0.1, 0.15) is 5.78 Å². The van der Waals surface area contributed by atoms with E-state index in [9.17, 15) is 4.79 Å². The number of ketones is 1. The molecular weight excluding hydrogens is 148 g/mol. The highest BCUT2D eigenvalue weighted by Gasteiger charge is 2.23. The number of allylic oxidation sites excluding steroid dienone is 3. The van der Waals surface area contributed by atoms with Crippen LogP contribution in [-0.4, -0.2) is 5.78 Å². The minimum atomic E-state index is 0.384. The summed E-state index contributed by atoms with van der Waals surface area (Å²) in [5.41, 5.74) is 0. The van der Waals surface area contributed by atoms with Crippen LogP contribution in [0.25, 0.3) is 0 Å². The summed E-state index contributed by atoms with van der Waals surface area (Å²) in [4.78, 5) is 11.2. The summed E-state index contributed by atoms with van der Waals surface area (Å²) in [6.07, 6.45) is 8.61. The SMILES string of the molecule is C=CC1CC(=O)CC(/C=C/C)C1. The van der Waals surface area contributed by atoms with Crippen molar-refractivity contribution in [3.05, 3.63) is 24.8 Å². The van der Waals surface area contributed by atoms with Crippen molar-refractivity contribution in [2.45, 2.75) is 26.2 Å². The van der Waals surface area contributed by atoms with E-state index in [0.717, 1.165) is 12.8 Å². The van der Waals surface area contributed by atoms with Crippen LogP contribution < -0.4 is 0 Å². The van der Waals surface area contributed by atoms with Crippen LogP contribution >= 0.6 is 0 Å². The number of carbonyl (C=O) groups excluding carboxylic acids is 1. The molecule has 1 nitrogen and oxygen atoms in total. The first kappa shape index (κ1) is 9.24. The highest BCUT2D eigenvalue weighted by molar-refractivity contribution is 5.80. The first-order valence-corrected chi connectivity index (χ1v) is 4.53. The lowest BCUT2D eigenvalue weighted by atomic mass is 9.80. The Morgan fingerprint density at radius 1 is 1.42 bits per heavy atom. The third kappa shape index (κ3) is 2.33. The van der Waals surface area contributed by atoms with Gasteiger partial charge in [-0.25, -0.2) is 0 Å². The molecule has 0 amide bonds. The Balaban J connectivity index is 2.56. The molecule has 0 spiro atoms. The van der Waals surface area contributed by atoms with Gasteiger partial charge in [-0.2, -0.15) is 0 Å². The molecule has 0 aliphatic heterocycles. The fourth-order valence-electron chi connectivity index (χ4n) is 1.82. The summed E-state index contributed by atoms with van der Waals surface area (Å²) in [5.74, 6) is 1.25.